The molecule has 4 heterocycles. The van der Waals surface area contributed by atoms with Crippen LogP contribution in [0.1, 0.15) is 28.0 Å². The molecule has 0 saturated carbocycles. The molecule has 2 aromatic heterocycles. The lowest BCUT2D eigenvalue weighted by molar-refractivity contribution is 0.0711. The Labute approximate surface area is 154 Å². The lowest BCUT2D eigenvalue weighted by Crippen LogP contribution is -2.46. The van der Waals surface area contributed by atoms with Crippen molar-refractivity contribution in [3.8, 4) is 0 Å². The molecule has 2 fully saturated rings. The molecule has 5 rings (SSSR count). The monoisotopic (exact) mass is 366 g/mol. The first kappa shape index (κ1) is 16.3. The number of halogens is 1. The molecule has 2 atom stereocenters. The molecule has 0 radical (unpaired) electrons. The van der Waals surface area contributed by atoms with Gasteiger partial charge in [0.15, 0.2) is 0 Å². The number of H-pyrrole nitrogens is 1. The summed E-state index contributed by atoms with van der Waals surface area (Å²) in [7, 11) is 0. The van der Waals surface area contributed by atoms with Crippen LogP contribution in [0.3, 0.4) is 0 Å². The molecule has 2 N–H and O–H groups in total. The quantitative estimate of drug-likeness (QED) is 0.739. The number of aromatic amines is 1. The lowest BCUT2D eigenvalue weighted by Gasteiger charge is -2.27. The summed E-state index contributed by atoms with van der Waals surface area (Å²) < 4.78 is 16.2. The third-order valence-electron chi connectivity index (χ3n) is 5.62. The van der Waals surface area contributed by atoms with Crippen molar-refractivity contribution in [2.24, 2.45) is 0 Å². The van der Waals surface area contributed by atoms with Crippen LogP contribution in [0.25, 0.3) is 5.52 Å². The van der Waals surface area contributed by atoms with Crippen LogP contribution >= 0.6 is 0 Å². The van der Waals surface area contributed by atoms with Gasteiger partial charge < -0.3 is 19.6 Å². The summed E-state index contributed by atoms with van der Waals surface area (Å²) in [6.07, 6.45) is 4.90. The molecule has 6 nitrogen and oxygen atoms in total. The van der Waals surface area contributed by atoms with Crippen LogP contribution in [0.15, 0.2) is 47.5 Å². The first-order valence-electron chi connectivity index (χ1n) is 9.10. The van der Waals surface area contributed by atoms with E-state index in [1.54, 1.807) is 29.3 Å². The zero-order chi connectivity index (χ0) is 18.5. The van der Waals surface area contributed by atoms with E-state index in [1.165, 1.54) is 6.07 Å². The molecule has 0 spiro atoms. The highest BCUT2D eigenvalue weighted by Crippen LogP contribution is 2.26. The first-order valence-corrected chi connectivity index (χ1v) is 9.10. The number of likely N-dealkylation sites (tertiary alicyclic amines) is 1. The molecule has 138 valence electrons. The standard InChI is InChI=1S/C20H19FN4O2/c21-17-4-3-12(6-14-10-23-19(26)18-2-1-5-24(14)18)7-16(17)20(27)25-11-13-8-15(25)9-22-13/h1-5,7,10,13,15,22H,6,8-9,11H2,(H,23,26)/t13-,15-/m1/s1. The fourth-order valence-electron chi connectivity index (χ4n) is 4.26. The second-order valence-corrected chi connectivity index (χ2v) is 7.32. The summed E-state index contributed by atoms with van der Waals surface area (Å²) in [6.45, 7) is 1.41. The number of hydrogen-bond acceptors (Lipinski definition) is 3. The maximum absolute atomic E-state index is 14.4. The van der Waals surface area contributed by atoms with Gasteiger partial charge >= 0.3 is 0 Å². The van der Waals surface area contributed by atoms with Gasteiger partial charge in [0.1, 0.15) is 11.3 Å². The fraction of sp³-hybridized carbons (Fsp3) is 0.300. The number of nitrogens with zero attached hydrogens (tertiary/aromatic N) is 2. The van der Waals surface area contributed by atoms with Crippen molar-refractivity contribution in [3.63, 3.8) is 0 Å². The third-order valence-corrected chi connectivity index (χ3v) is 5.62. The third kappa shape index (κ3) is 2.66. The van der Waals surface area contributed by atoms with Crippen LogP contribution in [0, 0.1) is 5.82 Å². The molecule has 1 amide bonds. The van der Waals surface area contributed by atoms with Crippen LogP contribution in [-0.4, -0.2) is 45.4 Å². The average Bonchev–Trinajstić information content (AvgIpc) is 3.41. The van der Waals surface area contributed by atoms with Crippen molar-refractivity contribution in [3.05, 3.63) is 75.7 Å². The molecule has 2 saturated heterocycles. The Morgan fingerprint density at radius 3 is 2.96 bits per heavy atom. The Bertz CT molecular complexity index is 1100. The zero-order valence-corrected chi connectivity index (χ0v) is 14.6. The van der Waals surface area contributed by atoms with E-state index in [2.05, 4.69) is 10.3 Å². The number of hydrogen-bond donors (Lipinski definition) is 2. The van der Waals surface area contributed by atoms with E-state index < -0.39 is 5.82 Å². The van der Waals surface area contributed by atoms with Crippen molar-refractivity contribution in [1.29, 1.82) is 0 Å². The highest BCUT2D eigenvalue weighted by Gasteiger charge is 2.40. The van der Waals surface area contributed by atoms with Gasteiger partial charge in [-0.15, -0.1) is 0 Å². The minimum absolute atomic E-state index is 0.119. The molecule has 7 heteroatoms. The number of aromatic nitrogens is 2. The van der Waals surface area contributed by atoms with Crippen molar-refractivity contribution >= 4 is 11.4 Å². The summed E-state index contributed by atoms with van der Waals surface area (Å²) in [5, 5.41) is 3.35. The van der Waals surface area contributed by atoms with E-state index in [4.69, 9.17) is 0 Å². The number of fused-ring (bicyclic) bond motifs is 3. The van der Waals surface area contributed by atoms with Gasteiger partial charge in [-0.05, 0) is 36.2 Å². The van der Waals surface area contributed by atoms with Crippen LogP contribution in [0.4, 0.5) is 4.39 Å². The van der Waals surface area contributed by atoms with Gasteiger partial charge in [-0.2, -0.15) is 0 Å². The van der Waals surface area contributed by atoms with Gasteiger partial charge in [0.2, 0.25) is 0 Å². The summed E-state index contributed by atoms with van der Waals surface area (Å²) in [5.74, 6) is -0.733. The van der Waals surface area contributed by atoms with E-state index in [0.29, 0.717) is 24.5 Å². The molecule has 27 heavy (non-hydrogen) atoms. The van der Waals surface area contributed by atoms with Gasteiger partial charge in [0.25, 0.3) is 11.5 Å². The largest absolute Gasteiger partial charge is 0.333 e. The second-order valence-electron chi connectivity index (χ2n) is 7.32. The summed E-state index contributed by atoms with van der Waals surface area (Å²) in [4.78, 5) is 29.3. The maximum atomic E-state index is 14.4. The molecular weight excluding hydrogens is 347 g/mol. The van der Waals surface area contributed by atoms with E-state index in [0.717, 1.165) is 24.2 Å². The predicted octanol–water partition coefficient (Wildman–Crippen LogP) is 1.54. The van der Waals surface area contributed by atoms with Gasteiger partial charge in [0.05, 0.1) is 5.56 Å². The maximum Gasteiger partial charge on any atom is 0.272 e. The minimum atomic E-state index is -0.493. The Hall–Kier alpha value is -2.93. The number of carbonyl (C=O) groups is 1. The fourth-order valence-corrected chi connectivity index (χ4v) is 4.26. The van der Waals surface area contributed by atoms with E-state index in [9.17, 15) is 14.0 Å². The SMILES string of the molecule is O=C(c1cc(Cc2c[nH]c(=O)c3cccn23)ccc1F)N1C[C@H]2C[C@@H]1CN2. The number of rotatable bonds is 3. The molecule has 2 aliphatic rings. The molecule has 1 aromatic carbocycles. The van der Waals surface area contributed by atoms with Crippen molar-refractivity contribution in [1.82, 2.24) is 19.6 Å². The summed E-state index contributed by atoms with van der Waals surface area (Å²) in [5.41, 5.74) is 2.21. The van der Waals surface area contributed by atoms with Crippen molar-refractivity contribution < 1.29 is 9.18 Å². The second kappa shape index (κ2) is 6.06. The number of benzene rings is 1. The number of nitrogens with one attached hydrogen (secondary N) is 2. The topological polar surface area (TPSA) is 69.6 Å². The van der Waals surface area contributed by atoms with Gasteiger partial charge in [-0.1, -0.05) is 6.07 Å². The van der Waals surface area contributed by atoms with Gasteiger partial charge in [-0.3, -0.25) is 9.59 Å². The summed E-state index contributed by atoms with van der Waals surface area (Å²) >= 11 is 0. The van der Waals surface area contributed by atoms with Gasteiger partial charge in [-0.25, -0.2) is 4.39 Å². The Morgan fingerprint density at radius 1 is 1.30 bits per heavy atom. The van der Waals surface area contributed by atoms with E-state index >= 15 is 0 Å². The van der Waals surface area contributed by atoms with Crippen molar-refractivity contribution in [2.45, 2.75) is 24.9 Å². The zero-order valence-electron chi connectivity index (χ0n) is 14.6. The molecule has 0 aliphatic carbocycles. The summed E-state index contributed by atoms with van der Waals surface area (Å²) in [6, 6.07) is 8.72. The van der Waals surface area contributed by atoms with Crippen LogP contribution < -0.4 is 10.9 Å². The molecule has 3 aromatic rings. The Kier molecular flexibility index (Phi) is 3.65. The highest BCUT2D eigenvalue weighted by molar-refractivity contribution is 5.95. The van der Waals surface area contributed by atoms with Crippen LogP contribution in [0.2, 0.25) is 0 Å². The normalized spacial score (nSPS) is 21.3. The predicted molar refractivity (Wildman–Crippen MR) is 98.5 cm³/mol. The van der Waals surface area contributed by atoms with Crippen LogP contribution in [0.5, 0.6) is 0 Å². The molecule has 0 unspecified atom stereocenters. The smallest absolute Gasteiger partial charge is 0.272 e. The molecular formula is C20H19FN4O2. The molecule has 2 aliphatic heterocycles. The van der Waals surface area contributed by atoms with Gasteiger partial charge in [0, 0.05) is 49.7 Å². The minimum Gasteiger partial charge on any atom is -0.333 e. The number of carbonyl (C=O) groups excluding carboxylic acids is 1. The van der Waals surface area contributed by atoms with Crippen LogP contribution in [-0.2, 0) is 6.42 Å². The first-order chi connectivity index (χ1) is 13.1. The number of piperazine rings is 1. The van der Waals surface area contributed by atoms with E-state index in [1.807, 2.05) is 16.7 Å². The number of amides is 1. The van der Waals surface area contributed by atoms with Crippen molar-refractivity contribution in [2.75, 3.05) is 13.1 Å². The van der Waals surface area contributed by atoms with E-state index in [-0.39, 0.29) is 23.1 Å². The lowest BCUT2D eigenvalue weighted by atomic mass is 10.0. The Balaban J connectivity index is 1.47. The Morgan fingerprint density at radius 2 is 2.19 bits per heavy atom. The highest BCUT2D eigenvalue weighted by atomic mass is 19.1. The average molecular weight is 366 g/mol. The molecule has 2 bridgehead atoms.